The molecule has 140 valence electrons. The average molecular weight is 363 g/mol. The van der Waals surface area contributed by atoms with Crippen molar-refractivity contribution in [1.29, 1.82) is 0 Å². The maximum absolute atomic E-state index is 6.13. The van der Waals surface area contributed by atoms with Crippen molar-refractivity contribution in [3.8, 4) is 17.1 Å². The number of hydrogen-bond donors (Lipinski definition) is 1. The Balaban J connectivity index is 1.50. The monoisotopic (exact) mass is 363 g/mol. The van der Waals surface area contributed by atoms with E-state index in [4.69, 9.17) is 4.74 Å². The predicted molar refractivity (Wildman–Crippen MR) is 106 cm³/mol. The van der Waals surface area contributed by atoms with E-state index in [0.29, 0.717) is 11.8 Å². The third kappa shape index (κ3) is 3.03. The maximum atomic E-state index is 6.13. The zero-order valence-corrected chi connectivity index (χ0v) is 16.1. The Bertz CT molecular complexity index is 983. The van der Waals surface area contributed by atoms with Crippen molar-refractivity contribution in [2.75, 3.05) is 18.0 Å². The normalized spacial score (nSPS) is 23.7. The van der Waals surface area contributed by atoms with Crippen LogP contribution < -0.4 is 9.64 Å². The number of rotatable bonds is 4. The zero-order valence-electron chi connectivity index (χ0n) is 16.1. The van der Waals surface area contributed by atoms with Crippen molar-refractivity contribution in [3.63, 3.8) is 0 Å². The molecule has 6 heteroatoms. The number of anilines is 1. The molecule has 1 saturated carbocycles. The Labute approximate surface area is 159 Å². The minimum atomic E-state index is 0.00278. The Kier molecular flexibility index (Phi) is 3.64. The number of nitrogens with zero attached hydrogens (tertiary/aromatic N) is 4. The first-order valence-electron chi connectivity index (χ1n) is 9.75. The number of aromatic amines is 1. The van der Waals surface area contributed by atoms with E-state index in [1.54, 1.807) is 6.33 Å². The summed E-state index contributed by atoms with van der Waals surface area (Å²) in [5, 5.41) is 8.67. The fourth-order valence-corrected chi connectivity index (χ4v) is 3.78. The summed E-state index contributed by atoms with van der Waals surface area (Å²) in [4.78, 5) is 11.3. The van der Waals surface area contributed by atoms with Gasteiger partial charge in [-0.25, -0.2) is 9.97 Å². The number of benzene rings is 1. The van der Waals surface area contributed by atoms with E-state index in [2.05, 4.69) is 58.0 Å². The number of H-pyrrole nitrogens is 1. The minimum absolute atomic E-state index is 0.00278. The topological polar surface area (TPSA) is 66.9 Å². The molecule has 0 spiro atoms. The Morgan fingerprint density at radius 2 is 1.89 bits per heavy atom. The molecular formula is C21H25N5O. The second kappa shape index (κ2) is 5.94. The van der Waals surface area contributed by atoms with Crippen LogP contribution in [0.3, 0.4) is 0 Å². The van der Waals surface area contributed by atoms with Crippen LogP contribution in [0, 0.1) is 11.8 Å². The first-order valence-corrected chi connectivity index (χ1v) is 9.75. The molecule has 5 rings (SSSR count). The lowest BCUT2D eigenvalue weighted by atomic mass is 10.0. The molecular weight excluding hydrogens is 338 g/mol. The quantitative estimate of drug-likeness (QED) is 0.758. The summed E-state index contributed by atoms with van der Waals surface area (Å²) < 4.78 is 6.13. The van der Waals surface area contributed by atoms with Gasteiger partial charge in [-0.3, -0.25) is 5.10 Å². The third-order valence-electron chi connectivity index (χ3n) is 6.06. The van der Waals surface area contributed by atoms with Gasteiger partial charge in [-0.15, -0.1) is 0 Å². The predicted octanol–water partition coefficient (Wildman–Crippen LogP) is 4.04. The van der Waals surface area contributed by atoms with Crippen molar-refractivity contribution in [2.24, 2.45) is 11.8 Å². The highest BCUT2D eigenvalue weighted by molar-refractivity contribution is 5.93. The molecule has 0 bridgehead atoms. The van der Waals surface area contributed by atoms with Gasteiger partial charge in [0, 0.05) is 24.5 Å². The Morgan fingerprint density at radius 1 is 1.11 bits per heavy atom. The summed E-state index contributed by atoms with van der Waals surface area (Å²) in [5.74, 6) is 3.23. The standard InChI is InChI=1S/C21H25N5O/c1-13-10-26(11-14(13)2)19-9-18(22-12-23-19)20-16-8-15(27-21(3)6-7-21)4-5-17(16)24-25-20/h4-5,8-9,12-14H,6-7,10-11H2,1-3H3,(H,24,25)/t13-,14?/m0/s1. The molecule has 1 saturated heterocycles. The molecule has 2 fully saturated rings. The number of aromatic nitrogens is 4. The van der Waals surface area contributed by atoms with Crippen LogP contribution in [0.25, 0.3) is 22.3 Å². The van der Waals surface area contributed by atoms with Crippen LogP contribution in [0.15, 0.2) is 30.6 Å². The summed E-state index contributed by atoms with van der Waals surface area (Å²) in [6, 6.07) is 8.15. The fraction of sp³-hybridized carbons (Fsp3) is 0.476. The van der Waals surface area contributed by atoms with Gasteiger partial charge in [0.25, 0.3) is 0 Å². The van der Waals surface area contributed by atoms with Crippen LogP contribution in [0.5, 0.6) is 5.75 Å². The average Bonchev–Trinajstić information content (AvgIpc) is 3.09. The Hall–Kier alpha value is -2.63. The number of fused-ring (bicyclic) bond motifs is 1. The van der Waals surface area contributed by atoms with Crippen molar-refractivity contribution in [1.82, 2.24) is 20.2 Å². The highest BCUT2D eigenvalue weighted by Crippen LogP contribution is 2.40. The van der Waals surface area contributed by atoms with Gasteiger partial charge in [-0.05, 0) is 49.8 Å². The first-order chi connectivity index (χ1) is 13.0. The van der Waals surface area contributed by atoms with E-state index >= 15 is 0 Å². The molecule has 0 radical (unpaired) electrons. The second-order valence-electron chi connectivity index (χ2n) is 8.45. The molecule has 27 heavy (non-hydrogen) atoms. The lowest BCUT2D eigenvalue weighted by Gasteiger charge is -2.17. The third-order valence-corrected chi connectivity index (χ3v) is 6.06. The van der Waals surface area contributed by atoms with Crippen LogP contribution in [-0.4, -0.2) is 38.9 Å². The van der Waals surface area contributed by atoms with E-state index in [0.717, 1.165) is 59.8 Å². The summed E-state index contributed by atoms with van der Waals surface area (Å²) >= 11 is 0. The molecule has 1 aliphatic heterocycles. The highest BCUT2D eigenvalue weighted by atomic mass is 16.5. The van der Waals surface area contributed by atoms with Crippen molar-refractivity contribution < 1.29 is 4.74 Å². The molecule has 3 aromatic rings. The molecule has 6 nitrogen and oxygen atoms in total. The SMILES string of the molecule is CC1CN(c2cc(-c3n[nH]c4ccc(OC5(C)CC5)cc34)ncn2)C[C@@H]1C. The summed E-state index contributed by atoms with van der Waals surface area (Å²) in [6.07, 6.45) is 3.88. The smallest absolute Gasteiger partial charge is 0.132 e. The van der Waals surface area contributed by atoms with Crippen molar-refractivity contribution in [3.05, 3.63) is 30.6 Å². The molecule has 1 aromatic carbocycles. The minimum Gasteiger partial charge on any atom is -0.488 e. The maximum Gasteiger partial charge on any atom is 0.132 e. The van der Waals surface area contributed by atoms with Crippen LogP contribution >= 0.6 is 0 Å². The molecule has 1 aliphatic carbocycles. The molecule has 1 N–H and O–H groups in total. The summed E-state index contributed by atoms with van der Waals surface area (Å²) in [6.45, 7) is 8.83. The van der Waals surface area contributed by atoms with Gasteiger partial charge in [0.15, 0.2) is 0 Å². The number of hydrogen-bond acceptors (Lipinski definition) is 5. The van der Waals surface area contributed by atoms with Crippen molar-refractivity contribution >= 4 is 16.7 Å². The van der Waals surface area contributed by atoms with E-state index in [9.17, 15) is 0 Å². The van der Waals surface area contributed by atoms with Gasteiger partial charge in [0.05, 0.1) is 11.2 Å². The number of ether oxygens (including phenoxy) is 1. The lowest BCUT2D eigenvalue weighted by Crippen LogP contribution is -2.20. The van der Waals surface area contributed by atoms with Gasteiger partial charge in [0.1, 0.15) is 29.2 Å². The van der Waals surface area contributed by atoms with Gasteiger partial charge in [-0.2, -0.15) is 5.10 Å². The molecule has 2 aliphatic rings. The Morgan fingerprint density at radius 3 is 2.63 bits per heavy atom. The molecule has 0 amide bonds. The van der Waals surface area contributed by atoms with E-state index in [-0.39, 0.29) is 5.60 Å². The fourth-order valence-electron chi connectivity index (χ4n) is 3.78. The second-order valence-corrected chi connectivity index (χ2v) is 8.45. The molecule has 2 aromatic heterocycles. The number of nitrogens with one attached hydrogen (secondary N) is 1. The first kappa shape index (κ1) is 16.5. The summed E-state index contributed by atoms with van der Waals surface area (Å²) in [5.41, 5.74) is 2.68. The molecule has 3 heterocycles. The van der Waals surface area contributed by atoms with Gasteiger partial charge < -0.3 is 9.64 Å². The molecule has 1 unspecified atom stereocenters. The van der Waals surface area contributed by atoms with Crippen LogP contribution in [-0.2, 0) is 0 Å². The van der Waals surface area contributed by atoms with E-state index < -0.39 is 0 Å². The largest absolute Gasteiger partial charge is 0.488 e. The van der Waals surface area contributed by atoms with Crippen LogP contribution in [0.2, 0.25) is 0 Å². The van der Waals surface area contributed by atoms with Gasteiger partial charge in [-0.1, -0.05) is 13.8 Å². The van der Waals surface area contributed by atoms with E-state index in [1.165, 1.54) is 0 Å². The van der Waals surface area contributed by atoms with Crippen LogP contribution in [0.1, 0.15) is 33.6 Å². The lowest BCUT2D eigenvalue weighted by molar-refractivity contribution is 0.200. The van der Waals surface area contributed by atoms with Gasteiger partial charge >= 0.3 is 0 Å². The summed E-state index contributed by atoms with van der Waals surface area (Å²) in [7, 11) is 0. The molecule has 2 atom stereocenters. The van der Waals surface area contributed by atoms with Gasteiger partial charge in [0.2, 0.25) is 0 Å². The highest BCUT2D eigenvalue weighted by Gasteiger charge is 2.40. The van der Waals surface area contributed by atoms with Crippen LogP contribution in [0.4, 0.5) is 5.82 Å². The zero-order chi connectivity index (χ0) is 18.6. The van der Waals surface area contributed by atoms with Crippen molar-refractivity contribution in [2.45, 2.75) is 39.2 Å². The van der Waals surface area contributed by atoms with E-state index in [1.807, 2.05) is 12.1 Å².